The molecular formula is C41H39N7O9. The van der Waals surface area contributed by atoms with Gasteiger partial charge in [0.15, 0.2) is 22.9 Å². The van der Waals surface area contributed by atoms with Gasteiger partial charge in [-0.2, -0.15) is 10.5 Å². The number of piperazine rings is 1. The lowest BCUT2D eigenvalue weighted by Crippen LogP contribution is -2.48. The number of hydrogen-bond donors (Lipinski definition) is 4. The number of carbonyl (C=O) groups is 4. The van der Waals surface area contributed by atoms with Crippen molar-refractivity contribution in [3.8, 4) is 23.6 Å². The number of nitriles is 2. The van der Waals surface area contributed by atoms with Gasteiger partial charge in [-0.1, -0.05) is 54.6 Å². The van der Waals surface area contributed by atoms with Gasteiger partial charge >= 0.3 is 11.9 Å². The molecule has 292 valence electrons. The molecular weight excluding hydrogens is 734 g/mol. The zero-order valence-corrected chi connectivity index (χ0v) is 31.1. The molecule has 0 atom stereocenters. The highest BCUT2D eigenvalue weighted by molar-refractivity contribution is 6.03. The summed E-state index contributed by atoms with van der Waals surface area (Å²) < 4.78 is 14.0. The number of rotatable bonds is 12. The van der Waals surface area contributed by atoms with E-state index in [-0.39, 0.29) is 53.1 Å². The number of hydrogen-bond acceptors (Lipinski definition) is 10. The number of nitrogens with zero attached hydrogens (tertiary/aromatic N) is 6. The van der Waals surface area contributed by atoms with Gasteiger partial charge in [0.25, 0.3) is 11.8 Å². The summed E-state index contributed by atoms with van der Waals surface area (Å²) in [6.45, 7) is 3.49. The molecule has 1 saturated heterocycles. The standard InChI is InChI=1S/C26H27N5O4.C15H12N2O5/c1-29-17-22(26(33)31-13-11-30(12-14-31)16-20-5-3-2-4-6-20)24(23(29)25(32)28-34)35-18-21-9-7-19(15-27)8-10-21;1-17-7-11(14(18)19)13(12(17)15(20)21)22-8-10-4-2-9(6-16)3-5-10/h2-10,17,34H,11-14,16,18H2,1H3,(H,28,32);2-5,7H,8H2,1H3,(H,18,19)(H,20,21). The van der Waals surface area contributed by atoms with E-state index in [1.54, 1.807) is 72.2 Å². The van der Waals surface area contributed by atoms with Crippen molar-refractivity contribution in [2.75, 3.05) is 26.2 Å². The van der Waals surface area contributed by atoms with E-state index in [0.717, 1.165) is 25.2 Å². The van der Waals surface area contributed by atoms with Crippen molar-refractivity contribution in [1.82, 2.24) is 24.4 Å². The van der Waals surface area contributed by atoms with Crippen molar-refractivity contribution in [3.63, 3.8) is 0 Å². The molecule has 0 saturated carbocycles. The zero-order valence-electron chi connectivity index (χ0n) is 31.1. The van der Waals surface area contributed by atoms with Crippen LogP contribution in [0, 0.1) is 22.7 Å². The predicted molar refractivity (Wildman–Crippen MR) is 203 cm³/mol. The second kappa shape index (κ2) is 18.8. The molecule has 1 aliphatic heterocycles. The Hall–Kier alpha value is -7.40. The summed E-state index contributed by atoms with van der Waals surface area (Å²) in [7, 11) is 3.05. The molecule has 1 aliphatic rings. The van der Waals surface area contributed by atoms with E-state index >= 15 is 0 Å². The third kappa shape index (κ3) is 10.0. The number of hydroxylamine groups is 1. The van der Waals surface area contributed by atoms with E-state index in [4.69, 9.17) is 25.1 Å². The lowest BCUT2D eigenvalue weighted by molar-refractivity contribution is 0.0621. The van der Waals surface area contributed by atoms with Crippen molar-refractivity contribution in [1.29, 1.82) is 10.5 Å². The molecule has 0 aliphatic carbocycles. The predicted octanol–water partition coefficient (Wildman–Crippen LogP) is 4.42. The van der Waals surface area contributed by atoms with Gasteiger partial charge in [0.05, 0.1) is 23.3 Å². The molecule has 0 spiro atoms. The van der Waals surface area contributed by atoms with Crippen LogP contribution in [0.3, 0.4) is 0 Å². The quantitative estimate of drug-likeness (QED) is 0.102. The minimum absolute atomic E-state index is 0.00369. The minimum atomic E-state index is -1.27. The third-order valence-corrected chi connectivity index (χ3v) is 9.09. The van der Waals surface area contributed by atoms with E-state index in [9.17, 15) is 29.5 Å². The van der Waals surface area contributed by atoms with Gasteiger partial charge in [-0.05, 0) is 41.0 Å². The molecule has 0 radical (unpaired) electrons. The Morgan fingerprint density at radius 3 is 1.63 bits per heavy atom. The van der Waals surface area contributed by atoms with Gasteiger partial charge in [0, 0.05) is 59.2 Å². The van der Waals surface area contributed by atoms with Crippen molar-refractivity contribution in [2.45, 2.75) is 19.8 Å². The second-order valence-corrected chi connectivity index (χ2v) is 13.0. The summed E-state index contributed by atoms with van der Waals surface area (Å²) in [6.07, 6.45) is 2.75. The van der Waals surface area contributed by atoms with E-state index in [2.05, 4.69) is 23.1 Å². The normalized spacial score (nSPS) is 12.3. The molecule has 6 rings (SSSR count). The first kappa shape index (κ1) is 40.8. The van der Waals surface area contributed by atoms with Gasteiger partial charge in [0.2, 0.25) is 0 Å². The van der Waals surface area contributed by atoms with E-state index in [1.165, 1.54) is 27.9 Å². The number of amides is 2. The monoisotopic (exact) mass is 773 g/mol. The fourth-order valence-corrected chi connectivity index (χ4v) is 6.15. The molecule has 57 heavy (non-hydrogen) atoms. The molecule has 2 amide bonds. The minimum Gasteiger partial charge on any atom is -0.486 e. The molecule has 16 nitrogen and oxygen atoms in total. The number of carbonyl (C=O) groups excluding carboxylic acids is 2. The van der Waals surface area contributed by atoms with Crippen LogP contribution in [0.2, 0.25) is 0 Å². The maximum Gasteiger partial charge on any atom is 0.356 e. The van der Waals surface area contributed by atoms with Gasteiger partial charge < -0.3 is 33.7 Å². The van der Waals surface area contributed by atoms with Crippen LogP contribution in [0.5, 0.6) is 11.5 Å². The highest BCUT2D eigenvalue weighted by Crippen LogP contribution is 2.30. The fraction of sp³-hybridized carbons (Fsp3) is 0.220. The number of carboxylic acids is 2. The first-order valence-electron chi connectivity index (χ1n) is 17.5. The average molecular weight is 774 g/mol. The Morgan fingerprint density at radius 2 is 1.16 bits per heavy atom. The van der Waals surface area contributed by atoms with Crippen LogP contribution in [-0.2, 0) is 33.9 Å². The average Bonchev–Trinajstić information content (AvgIpc) is 3.75. The number of carboxylic acid groups (broad SMARTS) is 2. The molecule has 0 unspecified atom stereocenters. The number of aryl methyl sites for hydroxylation is 2. The number of nitrogens with one attached hydrogen (secondary N) is 1. The molecule has 16 heteroatoms. The Kier molecular flexibility index (Phi) is 13.4. The maximum atomic E-state index is 13.4. The highest BCUT2D eigenvalue weighted by Gasteiger charge is 2.30. The number of aromatic nitrogens is 2. The van der Waals surface area contributed by atoms with Crippen molar-refractivity contribution >= 4 is 23.8 Å². The van der Waals surface area contributed by atoms with Crippen LogP contribution >= 0.6 is 0 Å². The summed E-state index contributed by atoms with van der Waals surface area (Å²) in [4.78, 5) is 52.3. The maximum absolute atomic E-state index is 13.4. The summed E-state index contributed by atoms with van der Waals surface area (Å²) >= 11 is 0. The first-order chi connectivity index (χ1) is 27.4. The fourth-order valence-electron chi connectivity index (χ4n) is 6.15. The van der Waals surface area contributed by atoms with Crippen LogP contribution in [0.4, 0.5) is 0 Å². The zero-order chi connectivity index (χ0) is 41.1. The molecule has 5 aromatic rings. The van der Waals surface area contributed by atoms with Crippen LogP contribution in [0.25, 0.3) is 0 Å². The van der Waals surface area contributed by atoms with Crippen LogP contribution in [-0.4, -0.2) is 84.3 Å². The van der Waals surface area contributed by atoms with Gasteiger partial charge in [-0.25, -0.2) is 15.1 Å². The van der Waals surface area contributed by atoms with E-state index < -0.39 is 17.8 Å². The van der Waals surface area contributed by atoms with Gasteiger partial charge in [0.1, 0.15) is 24.3 Å². The Balaban J connectivity index is 0.000000242. The van der Waals surface area contributed by atoms with Crippen molar-refractivity contribution < 1.29 is 44.1 Å². The van der Waals surface area contributed by atoms with Gasteiger partial charge in [-0.15, -0.1) is 0 Å². The third-order valence-electron chi connectivity index (χ3n) is 9.09. The summed E-state index contributed by atoms with van der Waals surface area (Å²) in [6, 6.07) is 27.6. The van der Waals surface area contributed by atoms with Gasteiger partial charge in [-0.3, -0.25) is 19.7 Å². The highest BCUT2D eigenvalue weighted by atomic mass is 16.5. The van der Waals surface area contributed by atoms with Crippen molar-refractivity contribution in [3.05, 3.63) is 142 Å². The summed E-state index contributed by atoms with van der Waals surface area (Å²) in [5.41, 5.74) is 5.20. The first-order valence-corrected chi connectivity index (χ1v) is 17.5. The Labute approximate surface area is 327 Å². The lowest BCUT2D eigenvalue weighted by Gasteiger charge is -2.34. The topological polar surface area (TPSA) is 223 Å². The van der Waals surface area contributed by atoms with E-state index in [0.29, 0.717) is 29.8 Å². The van der Waals surface area contributed by atoms with Crippen molar-refractivity contribution in [2.24, 2.45) is 14.1 Å². The molecule has 0 bridgehead atoms. The summed E-state index contributed by atoms with van der Waals surface area (Å²) in [5.74, 6) is -3.62. The van der Waals surface area contributed by atoms with E-state index in [1.807, 2.05) is 24.3 Å². The lowest BCUT2D eigenvalue weighted by atomic mass is 10.1. The number of aromatic carboxylic acids is 2. The molecule has 1 fully saturated rings. The molecule has 3 heterocycles. The smallest absolute Gasteiger partial charge is 0.356 e. The largest absolute Gasteiger partial charge is 0.486 e. The Morgan fingerprint density at radius 1 is 0.667 bits per heavy atom. The summed E-state index contributed by atoms with van der Waals surface area (Å²) in [5, 5.41) is 45.2. The molecule has 2 aromatic heterocycles. The van der Waals surface area contributed by atoms with Crippen LogP contribution < -0.4 is 15.0 Å². The molecule has 3 aromatic carbocycles. The SMILES string of the molecule is Cn1cc(C(=O)N2CCN(Cc3ccccc3)CC2)c(OCc2ccc(C#N)cc2)c1C(=O)NO.Cn1cc(C(=O)O)c(OCc2ccc(C#N)cc2)c1C(=O)O. The number of ether oxygens (including phenoxy) is 2. The number of benzene rings is 3. The van der Waals surface area contributed by atoms with Crippen LogP contribution in [0.1, 0.15) is 69.5 Å². The Bertz CT molecular complexity index is 2310. The second-order valence-electron chi connectivity index (χ2n) is 13.0. The van der Waals surface area contributed by atoms with Crippen LogP contribution in [0.15, 0.2) is 91.3 Å². The molecule has 4 N–H and O–H groups in total.